The topological polar surface area (TPSA) is 157 Å². The molecule has 0 atom stereocenters. The summed E-state index contributed by atoms with van der Waals surface area (Å²) in [5.74, 6) is 3.35. The molecule has 0 radical (unpaired) electrons. The van der Waals surface area contributed by atoms with E-state index < -0.39 is 0 Å². The first-order valence-corrected chi connectivity index (χ1v) is 45.4. The molecule has 0 bridgehead atoms. The summed E-state index contributed by atoms with van der Waals surface area (Å²) in [7, 11) is 0. The van der Waals surface area contributed by atoms with E-state index in [4.69, 9.17) is 48.1 Å². The molecule has 0 fully saturated rings. The van der Waals surface area contributed by atoms with Gasteiger partial charge in [-0.05, 0) is 178 Å². The van der Waals surface area contributed by atoms with Gasteiger partial charge in [0.25, 0.3) is 0 Å². The second-order valence-corrected chi connectivity index (χ2v) is 34.1. The third kappa shape index (κ3) is 13.8. The van der Waals surface area contributed by atoms with E-state index in [1.807, 2.05) is 146 Å². The Morgan fingerprint density at radius 1 is 0.176 bits per heavy atom. The number of aromatic nitrogens is 11. The van der Waals surface area contributed by atoms with E-state index in [1.54, 1.807) is 12.4 Å². The molecule has 0 spiro atoms. The van der Waals surface area contributed by atoms with Crippen molar-refractivity contribution in [3.63, 3.8) is 0 Å². The average Bonchev–Trinajstić information content (AvgIpc) is 1.58. The van der Waals surface area contributed by atoms with E-state index in [1.165, 1.54) is 0 Å². The summed E-state index contributed by atoms with van der Waals surface area (Å²) >= 11 is 0. The molecular weight excluding hydrogens is 1670 g/mol. The number of nitrogens with zero attached hydrogens (tertiary/aromatic N) is 11. The van der Waals surface area contributed by atoms with Crippen LogP contribution in [0.5, 0.6) is 0 Å². The maximum atomic E-state index is 6.13. The molecule has 28 aromatic rings. The van der Waals surface area contributed by atoms with E-state index in [0.717, 1.165) is 237 Å². The highest BCUT2D eigenvalue weighted by Crippen LogP contribution is 2.45. The minimum atomic E-state index is 0.586. The van der Waals surface area contributed by atoms with Gasteiger partial charge in [0.15, 0.2) is 11.6 Å². The zero-order valence-corrected chi connectivity index (χ0v) is 72.9. The highest BCUT2D eigenvalue weighted by Gasteiger charge is 2.25. The Morgan fingerprint density at radius 3 is 0.941 bits per heavy atom. The van der Waals surface area contributed by atoms with Crippen molar-refractivity contribution in [3.05, 3.63) is 455 Å². The van der Waals surface area contributed by atoms with Crippen molar-refractivity contribution in [2.45, 2.75) is 0 Å². The molecule has 14 heteroatoms. The molecule has 10 aromatic heterocycles. The number of fused-ring (bicyclic) bond motifs is 20. The largest absolute Gasteiger partial charge is 0.456 e. The Bertz CT molecular complexity index is 9040. The molecule has 636 valence electrons. The van der Waals surface area contributed by atoms with Crippen LogP contribution < -0.4 is 0 Å². The molecule has 0 aliphatic heterocycles. The van der Waals surface area contributed by atoms with Gasteiger partial charge in [0.2, 0.25) is 11.9 Å². The Kier molecular flexibility index (Phi) is 18.9. The van der Waals surface area contributed by atoms with Crippen LogP contribution in [0.15, 0.2) is 468 Å². The summed E-state index contributed by atoms with van der Waals surface area (Å²) < 4.78 is 24.9. The molecule has 18 aromatic carbocycles. The third-order valence-electron chi connectivity index (χ3n) is 26.0. The monoisotopic (exact) mass is 1740 g/mol. The lowest BCUT2D eigenvalue weighted by molar-refractivity contribution is 0.668. The van der Waals surface area contributed by atoms with Gasteiger partial charge in [0.1, 0.15) is 39.3 Å². The number of benzene rings is 18. The quantitative estimate of drug-likeness (QED) is 0.115. The fourth-order valence-electron chi connectivity index (χ4n) is 19.5. The fraction of sp³-hybridized carbons (Fsp3) is 0. The van der Waals surface area contributed by atoms with E-state index in [2.05, 4.69) is 316 Å². The van der Waals surface area contributed by atoms with Crippen molar-refractivity contribution in [2.75, 3.05) is 0 Å². The van der Waals surface area contributed by atoms with Gasteiger partial charge in [-0.15, -0.1) is 0 Å². The van der Waals surface area contributed by atoms with E-state index in [9.17, 15) is 0 Å². The molecule has 0 N–H and O–H groups in total. The molecule has 0 amide bonds. The Balaban J connectivity index is 0.000000106. The zero-order chi connectivity index (χ0) is 89.7. The van der Waals surface area contributed by atoms with Crippen LogP contribution in [0.3, 0.4) is 0 Å². The SMILES string of the molecule is c1ccc(-c2cc(-c3ccccc3)nc(-n3c4ccc(-c5ccc6oc7ccccc7c6c5)cc4c4c5nccnc5ccc43)c2)cc1.c1ccc(-c2cc(-c3ccccc3)nc(-n3c4ccccc4c4cc(-c5ccc6oc7ccccc7c6c5)ccc43)n2)cc1.c1ccc(-c2nc(-c3ccccc3)nc(-n3c4ccccc4c4cc(-c5ccc6oc7ccccc7c6c5)ccc43)n2)cc1. The summed E-state index contributed by atoms with van der Waals surface area (Å²) in [6.45, 7) is 0. The maximum Gasteiger partial charge on any atom is 0.238 e. The van der Waals surface area contributed by atoms with Crippen LogP contribution in [0.1, 0.15) is 0 Å². The molecule has 10 heterocycles. The molecule has 0 aliphatic rings. The smallest absolute Gasteiger partial charge is 0.238 e. The molecule has 136 heavy (non-hydrogen) atoms. The van der Waals surface area contributed by atoms with Gasteiger partial charge in [-0.25, -0.2) is 19.9 Å². The molecule has 0 aliphatic carbocycles. The second-order valence-electron chi connectivity index (χ2n) is 34.1. The highest BCUT2D eigenvalue weighted by molar-refractivity contribution is 6.21. The van der Waals surface area contributed by atoms with Crippen molar-refractivity contribution >= 4 is 142 Å². The molecule has 14 nitrogen and oxygen atoms in total. The first-order valence-electron chi connectivity index (χ1n) is 45.4. The number of pyridine rings is 1. The molecule has 0 unspecified atom stereocenters. The van der Waals surface area contributed by atoms with Gasteiger partial charge < -0.3 is 13.3 Å². The summed E-state index contributed by atoms with van der Waals surface area (Å²) in [4.78, 5) is 40.1. The van der Waals surface area contributed by atoms with Crippen LogP contribution in [0.4, 0.5) is 0 Å². The third-order valence-corrected chi connectivity index (χ3v) is 26.0. The zero-order valence-electron chi connectivity index (χ0n) is 72.9. The molecule has 0 saturated carbocycles. The predicted octanol–water partition coefficient (Wildman–Crippen LogP) is 31.4. The number of hydrogen-bond acceptors (Lipinski definition) is 11. The Morgan fingerprint density at radius 2 is 0.500 bits per heavy atom. The van der Waals surface area contributed by atoms with E-state index >= 15 is 0 Å². The Hall–Kier alpha value is -18.7. The van der Waals surface area contributed by atoms with Crippen LogP contribution in [-0.2, 0) is 0 Å². The maximum absolute atomic E-state index is 6.13. The number of furan rings is 3. The fourth-order valence-corrected chi connectivity index (χ4v) is 19.5. The van der Waals surface area contributed by atoms with Crippen molar-refractivity contribution in [1.29, 1.82) is 0 Å². The van der Waals surface area contributed by atoms with Gasteiger partial charge >= 0.3 is 0 Å². The first-order chi connectivity index (χ1) is 67.4. The molecule has 28 rings (SSSR count). The highest BCUT2D eigenvalue weighted by atomic mass is 16.3. The van der Waals surface area contributed by atoms with Crippen molar-refractivity contribution < 1.29 is 13.3 Å². The van der Waals surface area contributed by atoms with Crippen LogP contribution in [0.25, 0.3) is 261 Å². The van der Waals surface area contributed by atoms with Gasteiger partial charge in [-0.1, -0.05) is 309 Å². The van der Waals surface area contributed by atoms with Crippen LogP contribution >= 0.6 is 0 Å². The van der Waals surface area contributed by atoms with E-state index in [-0.39, 0.29) is 0 Å². The average molecular weight is 1740 g/mol. The van der Waals surface area contributed by atoms with E-state index in [0.29, 0.717) is 23.5 Å². The minimum absolute atomic E-state index is 0.586. The number of rotatable bonds is 12. The van der Waals surface area contributed by atoms with Crippen LogP contribution in [-0.4, -0.2) is 53.6 Å². The Labute approximate surface area is 778 Å². The van der Waals surface area contributed by atoms with Crippen LogP contribution in [0.2, 0.25) is 0 Å². The lowest BCUT2D eigenvalue weighted by atomic mass is 10.0. The van der Waals surface area contributed by atoms with Gasteiger partial charge in [-0.3, -0.25) is 23.7 Å². The normalized spacial score (nSPS) is 11.7. The van der Waals surface area contributed by atoms with Crippen molar-refractivity contribution in [3.8, 4) is 119 Å². The van der Waals surface area contributed by atoms with Crippen molar-refractivity contribution in [1.82, 2.24) is 53.6 Å². The second kappa shape index (κ2) is 32.8. The minimum Gasteiger partial charge on any atom is -0.456 e. The number of para-hydroxylation sites is 5. The standard InChI is InChI=1S/C43H26N4O.C40H25N3O.C39H24N4O/c1-3-9-27(10-4-1)31-25-36(28-11-5-2-6-12-28)46-41(26-31)47-37-18-15-29(24-34(37)42-38(47)19-17-35-43(42)45-22-21-44-35)30-16-20-40-33(23-30)32-13-7-8-14-39(32)48-40;1-3-11-26(12-4-1)34-25-35(27-13-5-2-6-14-27)42-40(41-34)43-36-17-9-7-15-30(36)32-23-28(19-21-37(32)43)29-20-22-39-33(24-29)31-16-8-10-18-38(31)44-39;1-3-11-25(12-4-1)37-40-38(26-13-5-2-6-14-26)42-39(41-37)43-33-17-9-7-15-29(33)31-23-27(19-21-34(31)43)28-20-22-36-32(24-28)30-16-8-10-18-35(30)44-36/h1-26H;1-25H;1-24H. The first kappa shape index (κ1) is 78.4. The summed E-state index contributed by atoms with van der Waals surface area (Å²) in [5, 5.41) is 13.5. The lowest BCUT2D eigenvalue weighted by Gasteiger charge is -2.13. The lowest BCUT2D eigenvalue weighted by Crippen LogP contribution is -2.06. The predicted molar refractivity (Wildman–Crippen MR) is 553 cm³/mol. The molecular formula is C122H75N11O3. The van der Waals surface area contributed by atoms with Crippen LogP contribution in [0, 0.1) is 0 Å². The molecule has 0 saturated heterocycles. The van der Waals surface area contributed by atoms with Crippen molar-refractivity contribution in [2.24, 2.45) is 0 Å². The summed E-state index contributed by atoms with van der Waals surface area (Å²) in [6.07, 6.45) is 3.52. The van der Waals surface area contributed by atoms with Gasteiger partial charge in [-0.2, -0.15) is 9.97 Å². The van der Waals surface area contributed by atoms with Gasteiger partial charge in [0, 0.05) is 105 Å². The summed E-state index contributed by atoms with van der Waals surface area (Å²) in [6, 6.07) is 153. The summed E-state index contributed by atoms with van der Waals surface area (Å²) in [5.41, 5.74) is 30.2. The van der Waals surface area contributed by atoms with Gasteiger partial charge in [0.05, 0.1) is 61.2 Å². The number of hydrogen-bond donors (Lipinski definition) is 0.